The fraction of sp³-hybridized carbons (Fsp3) is 0.571. The van der Waals surface area contributed by atoms with E-state index in [4.69, 9.17) is 0 Å². The van der Waals surface area contributed by atoms with Crippen LogP contribution >= 0.6 is 0 Å². The average molecular weight is 481 g/mol. The Morgan fingerprint density at radius 1 is 1.09 bits per heavy atom. The van der Waals surface area contributed by atoms with Gasteiger partial charge in [-0.15, -0.1) is 0 Å². The summed E-state index contributed by atoms with van der Waals surface area (Å²) in [5.41, 5.74) is -0.617. The van der Waals surface area contributed by atoms with E-state index in [0.29, 0.717) is 12.1 Å². The molecule has 0 bridgehead atoms. The van der Waals surface area contributed by atoms with Crippen LogP contribution in [0.15, 0.2) is 18.5 Å². The van der Waals surface area contributed by atoms with E-state index < -0.39 is 18.0 Å². The lowest BCUT2D eigenvalue weighted by Gasteiger charge is -2.42. The molecule has 2 aromatic rings. The number of halogens is 3. The Morgan fingerprint density at radius 2 is 1.76 bits per heavy atom. The van der Waals surface area contributed by atoms with Crippen molar-refractivity contribution >= 4 is 17.9 Å². The molecule has 4 rings (SSSR count). The number of carboxylic acid groups (broad SMARTS) is 1. The molecule has 2 fully saturated rings. The zero-order chi connectivity index (χ0) is 24.8. The van der Waals surface area contributed by atoms with Crippen molar-refractivity contribution in [1.82, 2.24) is 29.5 Å². The fourth-order valence-electron chi connectivity index (χ4n) is 4.22. The van der Waals surface area contributed by atoms with E-state index in [-0.39, 0.29) is 55.3 Å². The molecule has 2 saturated heterocycles. The maximum Gasteiger partial charge on any atom is 0.433 e. The van der Waals surface area contributed by atoms with Crippen LogP contribution in [0.25, 0.3) is 11.3 Å². The van der Waals surface area contributed by atoms with Crippen molar-refractivity contribution in [3.63, 3.8) is 0 Å². The van der Waals surface area contributed by atoms with Gasteiger partial charge in [-0.2, -0.15) is 18.3 Å². The highest BCUT2D eigenvalue weighted by Crippen LogP contribution is 2.33. The van der Waals surface area contributed by atoms with E-state index in [1.165, 1.54) is 22.0 Å². The lowest BCUT2D eigenvalue weighted by Crippen LogP contribution is -2.59. The number of alkyl halides is 3. The van der Waals surface area contributed by atoms with Crippen molar-refractivity contribution in [2.24, 2.45) is 0 Å². The number of carbonyl (C=O) groups excluding carboxylic acids is 1. The predicted octanol–water partition coefficient (Wildman–Crippen LogP) is 2.56. The smallest absolute Gasteiger partial charge is 0.433 e. The highest BCUT2D eigenvalue weighted by Gasteiger charge is 2.37. The quantitative estimate of drug-likeness (QED) is 0.715. The molecular formula is C21H26F3N7O3. The summed E-state index contributed by atoms with van der Waals surface area (Å²) in [5.74, 6) is -0.237. The van der Waals surface area contributed by atoms with Gasteiger partial charge in [-0.1, -0.05) is 0 Å². The number of hydrogen-bond acceptors (Lipinski definition) is 6. The minimum absolute atomic E-state index is 0.0199. The molecule has 1 N–H and O–H groups in total. The second kappa shape index (κ2) is 8.76. The Labute approximate surface area is 194 Å². The van der Waals surface area contributed by atoms with Gasteiger partial charge in [0.15, 0.2) is 5.69 Å². The molecule has 13 heteroatoms. The van der Waals surface area contributed by atoms with Gasteiger partial charge in [0.1, 0.15) is 6.54 Å². The Hall–Kier alpha value is -3.38. The number of amides is 2. The van der Waals surface area contributed by atoms with Crippen molar-refractivity contribution < 1.29 is 27.9 Å². The van der Waals surface area contributed by atoms with Crippen molar-refractivity contribution in [1.29, 1.82) is 0 Å². The lowest BCUT2D eigenvalue weighted by atomic mass is 10.1. The highest BCUT2D eigenvalue weighted by molar-refractivity contribution is 5.77. The van der Waals surface area contributed by atoms with Gasteiger partial charge < -0.3 is 19.8 Å². The van der Waals surface area contributed by atoms with Gasteiger partial charge >= 0.3 is 12.3 Å². The number of carbonyl (C=O) groups is 2. The molecule has 34 heavy (non-hydrogen) atoms. The maximum absolute atomic E-state index is 13.5. The maximum atomic E-state index is 13.5. The first kappa shape index (κ1) is 23.8. The molecule has 0 aromatic carbocycles. The van der Waals surface area contributed by atoms with Crippen molar-refractivity contribution in [3.8, 4) is 11.3 Å². The molecule has 10 nitrogen and oxygen atoms in total. The summed E-state index contributed by atoms with van der Waals surface area (Å²) in [4.78, 5) is 36.8. The zero-order valence-electron chi connectivity index (χ0n) is 19.0. The number of nitrogens with zero attached hydrogens (tertiary/aromatic N) is 7. The van der Waals surface area contributed by atoms with Gasteiger partial charge in [-0.05, 0) is 33.3 Å². The highest BCUT2D eigenvalue weighted by atomic mass is 19.4. The molecule has 0 saturated carbocycles. The van der Waals surface area contributed by atoms with Crippen molar-refractivity contribution in [2.75, 3.05) is 24.5 Å². The van der Waals surface area contributed by atoms with Crippen LogP contribution < -0.4 is 4.90 Å². The minimum Gasteiger partial charge on any atom is -0.465 e. The minimum atomic E-state index is -4.63. The van der Waals surface area contributed by atoms with Crippen LogP contribution in [0.1, 0.15) is 32.9 Å². The molecule has 0 spiro atoms. The molecule has 4 heterocycles. The first-order valence-electron chi connectivity index (χ1n) is 11.0. The third-order valence-electron chi connectivity index (χ3n) is 6.36. The van der Waals surface area contributed by atoms with Crippen LogP contribution in [0.5, 0.6) is 0 Å². The third kappa shape index (κ3) is 4.64. The van der Waals surface area contributed by atoms with E-state index in [2.05, 4.69) is 15.1 Å². The molecule has 2 aliphatic heterocycles. The van der Waals surface area contributed by atoms with Crippen LogP contribution in [-0.2, 0) is 17.5 Å². The van der Waals surface area contributed by atoms with Crippen LogP contribution in [0, 0.1) is 0 Å². The Kier molecular flexibility index (Phi) is 6.13. The molecule has 184 valence electrons. The standard InChI is InChI=1S/C21H26F3N7O3/c1-12-4-5-29(12)19-26-16(6-17(27-19)21(22,23)24)15-7-25-28(10-15)11-18(32)30-8-14(3)31(20(33)34)9-13(30)2/h6-7,10,12-14H,4-5,8-9,11H2,1-3H3,(H,33,34)/t12-,13-,14+/m0/s1. The van der Waals surface area contributed by atoms with Crippen LogP contribution in [-0.4, -0.2) is 84.4 Å². The fourth-order valence-corrected chi connectivity index (χ4v) is 4.22. The van der Waals surface area contributed by atoms with Crippen LogP contribution in [0.4, 0.5) is 23.9 Å². The number of hydrogen-bond donors (Lipinski definition) is 1. The topological polar surface area (TPSA) is 108 Å². The van der Waals surface area contributed by atoms with Gasteiger partial charge in [0.25, 0.3) is 0 Å². The largest absolute Gasteiger partial charge is 0.465 e. The second-order valence-corrected chi connectivity index (χ2v) is 8.87. The number of anilines is 1. The first-order valence-corrected chi connectivity index (χ1v) is 11.0. The molecule has 0 unspecified atom stereocenters. The van der Waals surface area contributed by atoms with Gasteiger partial charge in [0.2, 0.25) is 11.9 Å². The van der Waals surface area contributed by atoms with E-state index >= 15 is 0 Å². The van der Waals surface area contributed by atoms with Gasteiger partial charge in [0.05, 0.1) is 11.9 Å². The monoisotopic (exact) mass is 481 g/mol. The normalized spacial score (nSPS) is 23.1. The third-order valence-corrected chi connectivity index (χ3v) is 6.36. The van der Waals surface area contributed by atoms with E-state index in [1.54, 1.807) is 23.6 Å². The second-order valence-electron chi connectivity index (χ2n) is 8.87. The Morgan fingerprint density at radius 3 is 2.35 bits per heavy atom. The van der Waals surface area contributed by atoms with Crippen molar-refractivity contribution in [2.45, 2.75) is 58.0 Å². The summed E-state index contributed by atoms with van der Waals surface area (Å²) in [5, 5.41) is 13.4. The molecule has 0 aliphatic carbocycles. The number of piperazine rings is 1. The molecule has 2 aliphatic rings. The summed E-state index contributed by atoms with van der Waals surface area (Å²) in [7, 11) is 0. The SMILES string of the molecule is C[C@@H]1CN(C(=O)Cn2cc(-c3cc(C(F)(F)F)nc(N4CC[C@@H]4C)n3)cn2)[C@@H](C)CN1C(=O)O. The van der Waals surface area contributed by atoms with Gasteiger partial charge in [0, 0.05) is 49.5 Å². The molecular weight excluding hydrogens is 455 g/mol. The summed E-state index contributed by atoms with van der Waals surface area (Å²) >= 11 is 0. The predicted molar refractivity (Wildman–Crippen MR) is 115 cm³/mol. The molecule has 3 atom stereocenters. The zero-order valence-corrected chi connectivity index (χ0v) is 19.0. The first-order chi connectivity index (χ1) is 15.9. The van der Waals surface area contributed by atoms with Crippen LogP contribution in [0.2, 0.25) is 0 Å². The Balaban J connectivity index is 1.53. The van der Waals surface area contributed by atoms with E-state index in [0.717, 1.165) is 12.5 Å². The van der Waals surface area contributed by atoms with Crippen LogP contribution in [0.3, 0.4) is 0 Å². The summed E-state index contributed by atoms with van der Waals surface area (Å²) in [6, 6.07) is 0.274. The van der Waals surface area contributed by atoms with Gasteiger partial charge in [-0.3, -0.25) is 9.48 Å². The molecule has 2 aromatic heterocycles. The molecule has 0 radical (unpaired) electrons. The van der Waals surface area contributed by atoms with E-state index in [9.17, 15) is 27.9 Å². The average Bonchev–Trinajstić information content (AvgIpc) is 3.21. The summed E-state index contributed by atoms with van der Waals surface area (Å²) < 4.78 is 41.7. The lowest BCUT2D eigenvalue weighted by molar-refractivity contribution is -0.141. The Bertz CT molecular complexity index is 1090. The number of rotatable bonds is 4. The molecule has 2 amide bonds. The summed E-state index contributed by atoms with van der Waals surface area (Å²) in [6.45, 7) is 6.31. The summed E-state index contributed by atoms with van der Waals surface area (Å²) in [6.07, 6.45) is -1.96. The van der Waals surface area contributed by atoms with Crippen molar-refractivity contribution in [3.05, 3.63) is 24.2 Å². The number of aromatic nitrogens is 4. The van der Waals surface area contributed by atoms with E-state index in [1.807, 2.05) is 6.92 Å². The van der Waals surface area contributed by atoms with Gasteiger partial charge in [-0.25, -0.2) is 14.8 Å².